The van der Waals surface area contributed by atoms with E-state index >= 15 is 0 Å². The first kappa shape index (κ1) is 13.9. The van der Waals surface area contributed by atoms with Crippen LogP contribution in [0.1, 0.15) is 55.5 Å². The number of Topliss-reactive ketones (excluding diaryl/α,β-unsaturated/α-hetero) is 1. The number of benzene rings is 1. The summed E-state index contributed by atoms with van der Waals surface area (Å²) in [6, 6.07) is 7.98. The Hall–Kier alpha value is -1.15. The summed E-state index contributed by atoms with van der Waals surface area (Å²) >= 11 is 0. The number of ketones is 1. The van der Waals surface area contributed by atoms with Gasteiger partial charge in [-0.1, -0.05) is 45.0 Å². The van der Waals surface area contributed by atoms with Crippen molar-refractivity contribution in [2.24, 2.45) is 11.7 Å². The van der Waals surface area contributed by atoms with Crippen LogP contribution < -0.4 is 5.73 Å². The van der Waals surface area contributed by atoms with E-state index in [9.17, 15) is 4.79 Å². The van der Waals surface area contributed by atoms with Crippen LogP contribution in [0.15, 0.2) is 24.3 Å². The molecule has 0 aromatic heterocycles. The highest BCUT2D eigenvalue weighted by Crippen LogP contribution is 2.18. The fourth-order valence-corrected chi connectivity index (χ4v) is 1.87. The van der Waals surface area contributed by atoms with E-state index in [1.54, 1.807) is 0 Å². The van der Waals surface area contributed by atoms with Crippen molar-refractivity contribution in [2.75, 3.05) is 6.54 Å². The van der Waals surface area contributed by atoms with Gasteiger partial charge in [0.05, 0.1) is 0 Å². The third kappa shape index (κ3) is 3.97. The molecule has 2 nitrogen and oxygen atoms in total. The van der Waals surface area contributed by atoms with Gasteiger partial charge in [0.15, 0.2) is 5.78 Å². The number of nitrogens with two attached hydrogens (primary N) is 1. The Kier molecular flexibility index (Phi) is 5.36. The summed E-state index contributed by atoms with van der Waals surface area (Å²) in [5, 5.41) is 0. The summed E-state index contributed by atoms with van der Waals surface area (Å²) in [7, 11) is 0. The van der Waals surface area contributed by atoms with Crippen LogP contribution in [0.25, 0.3) is 0 Å². The van der Waals surface area contributed by atoms with Crippen molar-refractivity contribution < 1.29 is 4.79 Å². The zero-order chi connectivity index (χ0) is 12.8. The smallest absolute Gasteiger partial charge is 0.165 e. The van der Waals surface area contributed by atoms with Gasteiger partial charge in [0.2, 0.25) is 0 Å². The fraction of sp³-hybridized carbons (Fsp3) is 0.533. The van der Waals surface area contributed by atoms with Crippen molar-refractivity contribution in [3.05, 3.63) is 35.4 Å². The van der Waals surface area contributed by atoms with Crippen LogP contribution in [-0.2, 0) is 0 Å². The number of carbonyl (C=O) groups excluding carboxylic acids is 1. The Labute approximate surface area is 104 Å². The molecule has 2 N–H and O–H groups in total. The molecular weight excluding hydrogens is 210 g/mol. The molecule has 0 spiro atoms. The third-order valence-corrected chi connectivity index (χ3v) is 3.15. The topological polar surface area (TPSA) is 43.1 Å². The van der Waals surface area contributed by atoms with Gasteiger partial charge in [-0.3, -0.25) is 4.79 Å². The van der Waals surface area contributed by atoms with Crippen LogP contribution in [0.2, 0.25) is 0 Å². The highest BCUT2D eigenvalue weighted by Gasteiger charge is 2.14. The van der Waals surface area contributed by atoms with Crippen LogP contribution in [0, 0.1) is 5.92 Å². The standard InChI is InChI=1S/C15H23NO/c1-11(2)13-6-8-14(9-7-13)15(17)12(3)5-4-10-16/h6-9,11-12H,4-5,10,16H2,1-3H3. The lowest BCUT2D eigenvalue weighted by Gasteiger charge is -2.11. The summed E-state index contributed by atoms with van der Waals surface area (Å²) in [6.45, 7) is 6.94. The van der Waals surface area contributed by atoms with Crippen LogP contribution in [0.5, 0.6) is 0 Å². The molecule has 0 radical (unpaired) electrons. The first-order valence-electron chi connectivity index (χ1n) is 6.40. The fourth-order valence-electron chi connectivity index (χ4n) is 1.87. The maximum atomic E-state index is 12.1. The molecule has 0 aliphatic heterocycles. The van der Waals surface area contributed by atoms with Crippen LogP contribution in [0.3, 0.4) is 0 Å². The molecule has 0 saturated heterocycles. The molecule has 1 rings (SSSR count). The highest BCUT2D eigenvalue weighted by molar-refractivity contribution is 5.97. The number of hydrogen-bond donors (Lipinski definition) is 1. The molecule has 0 aliphatic rings. The summed E-state index contributed by atoms with van der Waals surface area (Å²) in [5.41, 5.74) is 7.55. The van der Waals surface area contributed by atoms with Crippen LogP contribution >= 0.6 is 0 Å². The first-order chi connectivity index (χ1) is 8.06. The van der Waals surface area contributed by atoms with Gasteiger partial charge in [0.25, 0.3) is 0 Å². The van der Waals surface area contributed by atoms with E-state index in [1.165, 1.54) is 5.56 Å². The van der Waals surface area contributed by atoms with Crippen molar-refractivity contribution in [2.45, 2.75) is 39.5 Å². The van der Waals surface area contributed by atoms with E-state index in [2.05, 4.69) is 13.8 Å². The van der Waals surface area contributed by atoms with Gasteiger partial charge < -0.3 is 5.73 Å². The molecule has 2 heteroatoms. The van der Waals surface area contributed by atoms with Gasteiger partial charge in [-0.15, -0.1) is 0 Å². The van der Waals surface area contributed by atoms with Crippen molar-refractivity contribution in [1.82, 2.24) is 0 Å². The second-order valence-electron chi connectivity index (χ2n) is 4.97. The van der Waals surface area contributed by atoms with Gasteiger partial charge in [-0.25, -0.2) is 0 Å². The average Bonchev–Trinajstić information content (AvgIpc) is 2.35. The van der Waals surface area contributed by atoms with Crippen molar-refractivity contribution in [3.8, 4) is 0 Å². The van der Waals surface area contributed by atoms with Crippen LogP contribution in [-0.4, -0.2) is 12.3 Å². The zero-order valence-electron chi connectivity index (χ0n) is 11.1. The van der Waals surface area contributed by atoms with E-state index < -0.39 is 0 Å². The summed E-state index contributed by atoms with van der Waals surface area (Å²) in [6.07, 6.45) is 1.79. The largest absolute Gasteiger partial charge is 0.330 e. The van der Waals surface area contributed by atoms with E-state index in [0.717, 1.165) is 18.4 Å². The minimum Gasteiger partial charge on any atom is -0.330 e. The van der Waals surface area contributed by atoms with Gasteiger partial charge in [0.1, 0.15) is 0 Å². The molecule has 0 aliphatic carbocycles. The summed E-state index contributed by atoms with van der Waals surface area (Å²) in [4.78, 5) is 12.1. The molecule has 0 saturated carbocycles. The molecule has 0 fully saturated rings. The summed E-state index contributed by atoms with van der Waals surface area (Å²) in [5.74, 6) is 0.811. The van der Waals surface area contributed by atoms with Crippen molar-refractivity contribution >= 4 is 5.78 Å². The molecule has 94 valence electrons. The number of rotatable bonds is 6. The van der Waals surface area contributed by atoms with E-state index in [1.807, 2.05) is 31.2 Å². The molecule has 1 aromatic rings. The predicted octanol–water partition coefficient (Wildman–Crippen LogP) is 3.37. The molecule has 0 heterocycles. The lowest BCUT2D eigenvalue weighted by molar-refractivity contribution is 0.0923. The quantitative estimate of drug-likeness (QED) is 0.765. The van der Waals surface area contributed by atoms with E-state index in [0.29, 0.717) is 12.5 Å². The molecule has 17 heavy (non-hydrogen) atoms. The van der Waals surface area contributed by atoms with Gasteiger partial charge in [0, 0.05) is 11.5 Å². The van der Waals surface area contributed by atoms with Gasteiger partial charge in [-0.2, -0.15) is 0 Å². The van der Waals surface area contributed by atoms with Crippen LogP contribution in [0.4, 0.5) is 0 Å². The summed E-state index contributed by atoms with van der Waals surface area (Å²) < 4.78 is 0. The lowest BCUT2D eigenvalue weighted by atomic mass is 9.93. The highest BCUT2D eigenvalue weighted by atomic mass is 16.1. The van der Waals surface area contributed by atoms with E-state index in [-0.39, 0.29) is 11.7 Å². The minimum absolute atomic E-state index is 0.0726. The average molecular weight is 233 g/mol. The minimum atomic E-state index is 0.0726. The Morgan fingerprint density at radius 3 is 2.24 bits per heavy atom. The van der Waals surface area contributed by atoms with Crippen molar-refractivity contribution in [1.29, 1.82) is 0 Å². The van der Waals surface area contributed by atoms with E-state index in [4.69, 9.17) is 5.73 Å². The van der Waals surface area contributed by atoms with Gasteiger partial charge in [-0.05, 0) is 30.9 Å². The second kappa shape index (κ2) is 6.55. The third-order valence-electron chi connectivity index (χ3n) is 3.15. The molecule has 1 atom stereocenters. The first-order valence-corrected chi connectivity index (χ1v) is 6.40. The Morgan fingerprint density at radius 1 is 1.18 bits per heavy atom. The predicted molar refractivity (Wildman–Crippen MR) is 72.3 cm³/mol. The SMILES string of the molecule is CC(CCCN)C(=O)c1ccc(C(C)C)cc1. The molecule has 1 unspecified atom stereocenters. The maximum Gasteiger partial charge on any atom is 0.165 e. The van der Waals surface area contributed by atoms with Crippen molar-refractivity contribution in [3.63, 3.8) is 0 Å². The molecular formula is C15H23NO. The molecule has 0 bridgehead atoms. The monoisotopic (exact) mass is 233 g/mol. The number of carbonyl (C=O) groups is 1. The Morgan fingerprint density at radius 2 is 1.76 bits per heavy atom. The Balaban J connectivity index is 2.69. The normalized spacial score (nSPS) is 12.8. The lowest BCUT2D eigenvalue weighted by Crippen LogP contribution is -2.13. The molecule has 0 amide bonds. The second-order valence-corrected chi connectivity index (χ2v) is 4.97. The number of hydrogen-bond acceptors (Lipinski definition) is 2. The Bertz CT molecular complexity index is 354. The molecule has 1 aromatic carbocycles. The zero-order valence-corrected chi connectivity index (χ0v) is 11.1. The maximum absolute atomic E-state index is 12.1. The van der Waals surface area contributed by atoms with Gasteiger partial charge >= 0.3 is 0 Å².